The van der Waals surface area contributed by atoms with E-state index in [0.717, 1.165) is 5.56 Å². The SMILES string of the molecule is C=CCNC(=NCc1ccc(C)c(F)c1)NCC(=O)N(C)C.I. The highest BCUT2D eigenvalue weighted by molar-refractivity contribution is 14.0. The van der Waals surface area contributed by atoms with E-state index >= 15 is 0 Å². The largest absolute Gasteiger partial charge is 0.353 e. The number of rotatable bonds is 6. The molecule has 7 heteroatoms. The first-order valence-corrected chi connectivity index (χ1v) is 7.02. The maximum Gasteiger partial charge on any atom is 0.241 e. The highest BCUT2D eigenvalue weighted by Gasteiger charge is 2.05. The molecule has 0 aliphatic rings. The van der Waals surface area contributed by atoms with Crippen molar-refractivity contribution in [2.45, 2.75) is 13.5 Å². The fourth-order valence-electron chi connectivity index (χ4n) is 1.57. The maximum absolute atomic E-state index is 13.5. The van der Waals surface area contributed by atoms with Gasteiger partial charge in [0.2, 0.25) is 5.91 Å². The number of aliphatic imine (C=N–C) groups is 1. The molecule has 0 spiro atoms. The van der Waals surface area contributed by atoms with Gasteiger partial charge >= 0.3 is 0 Å². The first-order chi connectivity index (χ1) is 10.4. The van der Waals surface area contributed by atoms with Crippen LogP contribution in [0.3, 0.4) is 0 Å². The quantitative estimate of drug-likeness (QED) is 0.312. The molecule has 0 radical (unpaired) electrons. The predicted octanol–water partition coefficient (Wildman–Crippen LogP) is 2.06. The number of guanidine groups is 1. The zero-order valence-electron chi connectivity index (χ0n) is 13.7. The zero-order valence-corrected chi connectivity index (χ0v) is 16.1. The third-order valence-corrected chi connectivity index (χ3v) is 2.98. The van der Waals surface area contributed by atoms with Crippen LogP contribution in [0.5, 0.6) is 0 Å². The van der Waals surface area contributed by atoms with Gasteiger partial charge in [0.15, 0.2) is 5.96 Å². The number of aryl methyl sites for hydroxylation is 1. The molecule has 0 aliphatic heterocycles. The van der Waals surface area contributed by atoms with Crippen molar-refractivity contribution in [3.05, 3.63) is 47.8 Å². The van der Waals surface area contributed by atoms with E-state index in [-0.39, 0.29) is 42.2 Å². The van der Waals surface area contributed by atoms with E-state index in [1.807, 2.05) is 6.07 Å². The molecule has 1 aromatic rings. The summed E-state index contributed by atoms with van der Waals surface area (Å²) in [4.78, 5) is 17.4. The summed E-state index contributed by atoms with van der Waals surface area (Å²) in [6, 6.07) is 5.02. The Morgan fingerprint density at radius 2 is 2.09 bits per heavy atom. The number of benzene rings is 1. The van der Waals surface area contributed by atoms with Crippen LogP contribution in [0.2, 0.25) is 0 Å². The lowest BCUT2D eigenvalue weighted by Crippen LogP contribution is -2.43. The van der Waals surface area contributed by atoms with Crippen molar-refractivity contribution >= 4 is 35.8 Å². The van der Waals surface area contributed by atoms with Crippen molar-refractivity contribution in [1.82, 2.24) is 15.5 Å². The summed E-state index contributed by atoms with van der Waals surface area (Å²) in [7, 11) is 3.38. The summed E-state index contributed by atoms with van der Waals surface area (Å²) in [5.41, 5.74) is 1.37. The molecule has 1 rings (SSSR count). The van der Waals surface area contributed by atoms with Gasteiger partial charge in [0.1, 0.15) is 5.82 Å². The molecule has 0 heterocycles. The lowest BCUT2D eigenvalue weighted by Gasteiger charge is -2.14. The Morgan fingerprint density at radius 1 is 1.39 bits per heavy atom. The van der Waals surface area contributed by atoms with E-state index in [1.165, 1.54) is 11.0 Å². The molecule has 0 saturated carbocycles. The number of hydrogen-bond acceptors (Lipinski definition) is 2. The average molecular weight is 434 g/mol. The number of likely N-dealkylation sites (N-methyl/N-ethyl adjacent to an activating group) is 1. The lowest BCUT2D eigenvalue weighted by atomic mass is 10.1. The summed E-state index contributed by atoms with van der Waals surface area (Å²) in [5, 5.41) is 5.95. The topological polar surface area (TPSA) is 56.7 Å². The first kappa shape index (κ1) is 21.4. The monoisotopic (exact) mass is 434 g/mol. The van der Waals surface area contributed by atoms with E-state index in [0.29, 0.717) is 24.6 Å². The number of amides is 1. The van der Waals surface area contributed by atoms with Crippen LogP contribution in [0.15, 0.2) is 35.8 Å². The Kier molecular flexibility index (Phi) is 10.2. The van der Waals surface area contributed by atoms with Gasteiger partial charge in [-0.15, -0.1) is 30.6 Å². The highest BCUT2D eigenvalue weighted by Crippen LogP contribution is 2.09. The Balaban J connectivity index is 0.00000484. The van der Waals surface area contributed by atoms with Gasteiger partial charge in [-0.3, -0.25) is 4.79 Å². The zero-order chi connectivity index (χ0) is 16.5. The van der Waals surface area contributed by atoms with Crippen LogP contribution in [-0.4, -0.2) is 44.0 Å². The lowest BCUT2D eigenvalue weighted by molar-refractivity contribution is -0.127. The number of carbonyl (C=O) groups is 1. The van der Waals surface area contributed by atoms with Crippen LogP contribution in [0.4, 0.5) is 4.39 Å². The molecule has 23 heavy (non-hydrogen) atoms. The van der Waals surface area contributed by atoms with E-state index in [4.69, 9.17) is 0 Å². The van der Waals surface area contributed by atoms with Gasteiger partial charge in [0.05, 0.1) is 13.1 Å². The van der Waals surface area contributed by atoms with Gasteiger partial charge in [0.25, 0.3) is 0 Å². The van der Waals surface area contributed by atoms with Crippen LogP contribution in [0, 0.1) is 12.7 Å². The smallest absolute Gasteiger partial charge is 0.241 e. The molecule has 0 atom stereocenters. The van der Waals surface area contributed by atoms with E-state index in [9.17, 15) is 9.18 Å². The van der Waals surface area contributed by atoms with E-state index in [2.05, 4.69) is 22.2 Å². The Labute approximate surface area is 154 Å². The molecule has 0 unspecified atom stereocenters. The Bertz CT molecular complexity index is 561. The summed E-state index contributed by atoms with van der Waals surface area (Å²) in [6.07, 6.45) is 1.69. The number of hydrogen-bond donors (Lipinski definition) is 2. The van der Waals surface area contributed by atoms with E-state index in [1.54, 1.807) is 33.2 Å². The molecule has 128 valence electrons. The van der Waals surface area contributed by atoms with Crippen LogP contribution < -0.4 is 10.6 Å². The van der Waals surface area contributed by atoms with Crippen molar-refractivity contribution in [3.8, 4) is 0 Å². The minimum absolute atomic E-state index is 0. The summed E-state index contributed by atoms with van der Waals surface area (Å²) in [6.45, 7) is 6.32. The molecular weight excluding hydrogens is 410 g/mol. The van der Waals surface area contributed by atoms with Gasteiger partial charge in [-0.25, -0.2) is 9.38 Å². The minimum atomic E-state index is -0.246. The van der Waals surface area contributed by atoms with Crippen LogP contribution in [0.25, 0.3) is 0 Å². The van der Waals surface area contributed by atoms with Gasteiger partial charge in [0, 0.05) is 20.6 Å². The number of nitrogens with one attached hydrogen (secondary N) is 2. The van der Waals surface area contributed by atoms with Crippen molar-refractivity contribution < 1.29 is 9.18 Å². The number of carbonyl (C=O) groups excluding carboxylic acids is 1. The Hall–Kier alpha value is -1.64. The van der Waals surface area contributed by atoms with Crippen molar-refractivity contribution in [3.63, 3.8) is 0 Å². The van der Waals surface area contributed by atoms with Crippen molar-refractivity contribution in [1.29, 1.82) is 0 Å². The second kappa shape index (κ2) is 11.0. The minimum Gasteiger partial charge on any atom is -0.353 e. The molecule has 0 bridgehead atoms. The summed E-state index contributed by atoms with van der Waals surface area (Å²) >= 11 is 0. The standard InChI is InChI=1S/C16H23FN4O.HI/c1-5-8-18-16(20-11-15(22)21(3)4)19-10-13-7-6-12(2)14(17)9-13;/h5-7,9H,1,8,10-11H2,2-4H3,(H2,18,19,20);1H. The predicted molar refractivity (Wildman–Crippen MR) is 103 cm³/mol. The van der Waals surface area contributed by atoms with Crippen LogP contribution >= 0.6 is 24.0 Å². The van der Waals surface area contributed by atoms with Crippen molar-refractivity contribution in [2.24, 2.45) is 4.99 Å². The highest BCUT2D eigenvalue weighted by atomic mass is 127. The molecule has 1 aromatic carbocycles. The van der Waals surface area contributed by atoms with Crippen LogP contribution in [-0.2, 0) is 11.3 Å². The molecule has 0 aliphatic carbocycles. The van der Waals surface area contributed by atoms with Crippen LogP contribution in [0.1, 0.15) is 11.1 Å². The third-order valence-electron chi connectivity index (χ3n) is 2.98. The fraction of sp³-hybridized carbons (Fsp3) is 0.375. The number of halogens is 2. The third kappa shape index (κ3) is 7.96. The molecule has 0 aromatic heterocycles. The summed E-state index contributed by atoms with van der Waals surface area (Å²) in [5.74, 6) is 0.176. The molecule has 1 amide bonds. The molecular formula is C16H24FIN4O. The second-order valence-electron chi connectivity index (χ2n) is 5.06. The second-order valence-corrected chi connectivity index (χ2v) is 5.06. The van der Waals surface area contributed by atoms with Gasteiger partial charge in [-0.05, 0) is 24.1 Å². The molecule has 0 fully saturated rings. The van der Waals surface area contributed by atoms with Gasteiger partial charge in [-0.2, -0.15) is 0 Å². The maximum atomic E-state index is 13.5. The Morgan fingerprint density at radius 3 is 2.65 bits per heavy atom. The molecule has 2 N–H and O–H groups in total. The summed E-state index contributed by atoms with van der Waals surface area (Å²) < 4.78 is 13.5. The fourth-order valence-corrected chi connectivity index (χ4v) is 1.57. The number of nitrogens with zero attached hydrogens (tertiary/aromatic N) is 2. The molecule has 5 nitrogen and oxygen atoms in total. The average Bonchev–Trinajstić information content (AvgIpc) is 2.49. The molecule has 0 saturated heterocycles. The van der Waals surface area contributed by atoms with Crippen molar-refractivity contribution in [2.75, 3.05) is 27.2 Å². The first-order valence-electron chi connectivity index (χ1n) is 7.02. The van der Waals surface area contributed by atoms with E-state index < -0.39 is 0 Å². The van der Waals surface area contributed by atoms with Gasteiger partial charge in [-0.1, -0.05) is 18.2 Å². The normalized spacial score (nSPS) is 10.5. The van der Waals surface area contributed by atoms with Gasteiger partial charge < -0.3 is 15.5 Å².